The molecular formula is C14H19ClN2OS. The second-order valence-corrected chi connectivity index (χ2v) is 6.34. The maximum atomic E-state index is 6.19. The number of nitrogens with one attached hydrogen (secondary N) is 1. The zero-order chi connectivity index (χ0) is 13.8. The highest BCUT2D eigenvalue weighted by atomic mass is 35.5. The van der Waals surface area contributed by atoms with E-state index in [1.165, 1.54) is 0 Å². The SMILES string of the molecule is COc1ccc(Cl)c(NC2=NC(C(C)C)CCS2)c1. The molecule has 1 unspecified atom stereocenters. The standard InChI is InChI=1S/C14H19ClN2OS/c1-9(2)12-6-7-19-14(16-12)17-13-8-10(18-3)4-5-11(13)15/h4-5,8-9,12H,6-7H2,1-3H3,(H,16,17). The summed E-state index contributed by atoms with van der Waals surface area (Å²) >= 11 is 7.93. The van der Waals surface area contributed by atoms with Crippen LogP contribution in [0, 0.1) is 5.92 Å². The van der Waals surface area contributed by atoms with Crippen LogP contribution < -0.4 is 10.1 Å². The lowest BCUT2D eigenvalue weighted by Gasteiger charge is -2.23. The number of hydrogen-bond donors (Lipinski definition) is 1. The van der Waals surface area contributed by atoms with Gasteiger partial charge in [0.15, 0.2) is 5.17 Å². The summed E-state index contributed by atoms with van der Waals surface area (Å²) in [6.45, 7) is 4.42. The number of benzene rings is 1. The summed E-state index contributed by atoms with van der Waals surface area (Å²) in [5.41, 5.74) is 0.844. The van der Waals surface area contributed by atoms with E-state index < -0.39 is 0 Å². The summed E-state index contributed by atoms with van der Waals surface area (Å²) < 4.78 is 5.21. The zero-order valence-corrected chi connectivity index (χ0v) is 13.0. The molecule has 0 spiro atoms. The third kappa shape index (κ3) is 3.80. The lowest BCUT2D eigenvalue weighted by molar-refractivity contribution is 0.415. The summed E-state index contributed by atoms with van der Waals surface area (Å²) in [7, 11) is 1.65. The van der Waals surface area contributed by atoms with Gasteiger partial charge in [0.2, 0.25) is 0 Å². The van der Waals surface area contributed by atoms with Crippen molar-refractivity contribution in [1.82, 2.24) is 0 Å². The Bertz CT molecular complexity index is 477. The summed E-state index contributed by atoms with van der Waals surface area (Å²) in [6, 6.07) is 5.97. The molecule has 1 atom stereocenters. The fraction of sp³-hybridized carbons (Fsp3) is 0.500. The Kier molecular flexibility index (Phi) is 4.99. The van der Waals surface area contributed by atoms with Crippen molar-refractivity contribution >= 4 is 34.2 Å². The molecule has 1 N–H and O–H groups in total. The van der Waals surface area contributed by atoms with E-state index in [1.54, 1.807) is 18.9 Å². The first-order valence-corrected chi connectivity index (χ1v) is 7.77. The number of ether oxygens (including phenoxy) is 1. The van der Waals surface area contributed by atoms with E-state index in [4.69, 9.17) is 21.3 Å². The fourth-order valence-electron chi connectivity index (χ4n) is 1.92. The summed E-state index contributed by atoms with van der Waals surface area (Å²) in [5.74, 6) is 2.45. The van der Waals surface area contributed by atoms with E-state index in [1.807, 2.05) is 18.2 Å². The first-order valence-electron chi connectivity index (χ1n) is 6.41. The molecule has 104 valence electrons. The van der Waals surface area contributed by atoms with E-state index in [0.29, 0.717) is 17.0 Å². The molecule has 1 heterocycles. The van der Waals surface area contributed by atoms with Crippen molar-refractivity contribution in [2.45, 2.75) is 26.3 Å². The van der Waals surface area contributed by atoms with Gasteiger partial charge in [-0.05, 0) is 24.5 Å². The molecule has 19 heavy (non-hydrogen) atoms. The van der Waals surface area contributed by atoms with Gasteiger partial charge in [-0.25, -0.2) is 0 Å². The van der Waals surface area contributed by atoms with Gasteiger partial charge in [-0.3, -0.25) is 4.99 Å². The second kappa shape index (κ2) is 6.53. The third-order valence-corrected chi connectivity index (χ3v) is 4.37. The summed E-state index contributed by atoms with van der Waals surface area (Å²) in [4.78, 5) is 4.74. The number of rotatable bonds is 3. The van der Waals surface area contributed by atoms with Gasteiger partial charge in [-0.2, -0.15) is 0 Å². The highest BCUT2D eigenvalue weighted by molar-refractivity contribution is 8.14. The molecule has 1 aromatic rings. The molecule has 0 saturated carbocycles. The number of hydrogen-bond acceptors (Lipinski definition) is 4. The number of nitrogens with zero attached hydrogens (tertiary/aromatic N) is 1. The molecule has 2 rings (SSSR count). The molecular weight excluding hydrogens is 280 g/mol. The average molecular weight is 299 g/mol. The van der Waals surface area contributed by atoms with Crippen molar-refractivity contribution < 1.29 is 4.74 Å². The molecule has 5 heteroatoms. The molecule has 0 aliphatic carbocycles. The smallest absolute Gasteiger partial charge is 0.161 e. The number of halogens is 1. The monoisotopic (exact) mass is 298 g/mol. The quantitative estimate of drug-likeness (QED) is 0.904. The Hall–Kier alpha value is -0.870. The topological polar surface area (TPSA) is 33.6 Å². The van der Waals surface area contributed by atoms with Crippen LogP contribution >= 0.6 is 23.4 Å². The molecule has 0 aromatic heterocycles. The van der Waals surface area contributed by atoms with Crippen molar-refractivity contribution in [2.75, 3.05) is 18.2 Å². The first-order chi connectivity index (χ1) is 9.10. The Labute approximate surface area is 123 Å². The van der Waals surface area contributed by atoms with Crippen molar-refractivity contribution in [3.05, 3.63) is 23.2 Å². The fourth-order valence-corrected chi connectivity index (χ4v) is 3.03. The lowest BCUT2D eigenvalue weighted by atomic mass is 10.0. The number of thioether (sulfide) groups is 1. The third-order valence-electron chi connectivity index (χ3n) is 3.12. The number of methoxy groups -OCH3 is 1. The predicted molar refractivity (Wildman–Crippen MR) is 84.8 cm³/mol. The Morgan fingerprint density at radius 2 is 2.26 bits per heavy atom. The van der Waals surface area contributed by atoms with Gasteiger partial charge in [0.05, 0.1) is 23.9 Å². The minimum atomic E-state index is 0.396. The molecule has 1 aromatic carbocycles. The van der Waals surface area contributed by atoms with Gasteiger partial charge < -0.3 is 10.1 Å². The molecule has 0 bridgehead atoms. The number of amidine groups is 1. The Morgan fingerprint density at radius 1 is 1.47 bits per heavy atom. The van der Waals surface area contributed by atoms with Crippen LogP contribution in [-0.4, -0.2) is 24.1 Å². The van der Waals surface area contributed by atoms with Crippen molar-refractivity contribution in [3.8, 4) is 5.75 Å². The molecule has 0 fully saturated rings. The van der Waals surface area contributed by atoms with Crippen LogP contribution in [0.15, 0.2) is 23.2 Å². The Morgan fingerprint density at radius 3 is 2.95 bits per heavy atom. The first kappa shape index (κ1) is 14.5. The van der Waals surface area contributed by atoms with Crippen LogP contribution in [0.3, 0.4) is 0 Å². The van der Waals surface area contributed by atoms with Crippen molar-refractivity contribution in [3.63, 3.8) is 0 Å². The minimum absolute atomic E-state index is 0.396. The highest BCUT2D eigenvalue weighted by Gasteiger charge is 2.19. The van der Waals surface area contributed by atoms with Gasteiger partial charge in [-0.15, -0.1) is 0 Å². The normalized spacial score (nSPS) is 19.2. The van der Waals surface area contributed by atoms with Crippen molar-refractivity contribution in [2.24, 2.45) is 10.9 Å². The number of aliphatic imine (C=N–C) groups is 1. The Balaban J connectivity index is 2.16. The number of anilines is 1. The van der Waals surface area contributed by atoms with Crippen LogP contribution in [0.25, 0.3) is 0 Å². The maximum Gasteiger partial charge on any atom is 0.161 e. The minimum Gasteiger partial charge on any atom is -0.497 e. The maximum absolute atomic E-state index is 6.19. The van der Waals surface area contributed by atoms with E-state index in [-0.39, 0.29) is 0 Å². The van der Waals surface area contributed by atoms with E-state index >= 15 is 0 Å². The second-order valence-electron chi connectivity index (χ2n) is 4.85. The van der Waals surface area contributed by atoms with Gasteiger partial charge >= 0.3 is 0 Å². The molecule has 0 radical (unpaired) electrons. The highest BCUT2D eigenvalue weighted by Crippen LogP contribution is 2.29. The summed E-state index contributed by atoms with van der Waals surface area (Å²) in [6.07, 6.45) is 1.14. The lowest BCUT2D eigenvalue weighted by Crippen LogP contribution is -2.24. The van der Waals surface area contributed by atoms with E-state index in [2.05, 4.69) is 19.2 Å². The molecule has 0 saturated heterocycles. The largest absolute Gasteiger partial charge is 0.497 e. The summed E-state index contributed by atoms with van der Waals surface area (Å²) in [5, 5.41) is 4.93. The van der Waals surface area contributed by atoms with Gasteiger partial charge in [0.1, 0.15) is 5.75 Å². The molecule has 1 aliphatic heterocycles. The molecule has 0 amide bonds. The van der Waals surface area contributed by atoms with Gasteiger partial charge in [-0.1, -0.05) is 37.2 Å². The van der Waals surface area contributed by atoms with Crippen LogP contribution in [0.4, 0.5) is 5.69 Å². The van der Waals surface area contributed by atoms with Crippen LogP contribution in [0.5, 0.6) is 5.75 Å². The van der Waals surface area contributed by atoms with Crippen LogP contribution in [0.1, 0.15) is 20.3 Å². The molecule has 1 aliphatic rings. The predicted octanol–water partition coefficient (Wildman–Crippen LogP) is 4.28. The average Bonchev–Trinajstić information content (AvgIpc) is 2.41. The molecule has 3 nitrogen and oxygen atoms in total. The van der Waals surface area contributed by atoms with Gasteiger partial charge in [0, 0.05) is 11.8 Å². The van der Waals surface area contributed by atoms with Crippen LogP contribution in [0.2, 0.25) is 5.02 Å². The van der Waals surface area contributed by atoms with Crippen molar-refractivity contribution in [1.29, 1.82) is 0 Å². The van der Waals surface area contributed by atoms with E-state index in [9.17, 15) is 0 Å². The van der Waals surface area contributed by atoms with Crippen LogP contribution in [-0.2, 0) is 0 Å². The van der Waals surface area contributed by atoms with E-state index in [0.717, 1.165) is 28.8 Å². The van der Waals surface area contributed by atoms with Gasteiger partial charge in [0.25, 0.3) is 0 Å². The zero-order valence-electron chi connectivity index (χ0n) is 11.4.